The standard InChI is InChI=1S/C10H11F2NO/c1-6(13)10(14)5-7-4-8(11)2-3-9(7)12/h2-4,6H,5,13H2,1H3. The van der Waals surface area contributed by atoms with E-state index in [9.17, 15) is 13.6 Å². The molecular weight excluding hydrogens is 188 g/mol. The highest BCUT2D eigenvalue weighted by molar-refractivity contribution is 5.85. The van der Waals surface area contributed by atoms with Crippen LogP contribution in [0.4, 0.5) is 8.78 Å². The quantitative estimate of drug-likeness (QED) is 0.800. The molecule has 0 radical (unpaired) electrons. The van der Waals surface area contributed by atoms with Crippen LogP contribution in [0.15, 0.2) is 18.2 Å². The topological polar surface area (TPSA) is 43.1 Å². The molecule has 0 saturated carbocycles. The number of carbonyl (C=O) groups excluding carboxylic acids is 1. The molecule has 1 atom stereocenters. The summed E-state index contributed by atoms with van der Waals surface area (Å²) in [7, 11) is 0. The first kappa shape index (κ1) is 10.8. The lowest BCUT2D eigenvalue weighted by Gasteiger charge is -2.05. The van der Waals surface area contributed by atoms with Crippen molar-refractivity contribution in [2.24, 2.45) is 5.73 Å². The van der Waals surface area contributed by atoms with Crippen LogP contribution < -0.4 is 5.73 Å². The molecule has 1 unspecified atom stereocenters. The number of halogens is 2. The van der Waals surface area contributed by atoms with E-state index < -0.39 is 17.7 Å². The Kier molecular flexibility index (Phi) is 3.30. The smallest absolute Gasteiger partial charge is 0.153 e. The summed E-state index contributed by atoms with van der Waals surface area (Å²) in [5.74, 6) is -1.45. The van der Waals surface area contributed by atoms with Crippen LogP contribution in [0.2, 0.25) is 0 Å². The molecule has 0 bridgehead atoms. The van der Waals surface area contributed by atoms with Gasteiger partial charge in [-0.3, -0.25) is 4.79 Å². The van der Waals surface area contributed by atoms with Gasteiger partial charge in [-0.15, -0.1) is 0 Å². The lowest BCUT2D eigenvalue weighted by Crippen LogP contribution is -2.28. The third-order valence-corrected chi connectivity index (χ3v) is 1.88. The van der Waals surface area contributed by atoms with Gasteiger partial charge in [-0.2, -0.15) is 0 Å². The van der Waals surface area contributed by atoms with E-state index in [1.165, 1.54) is 6.92 Å². The number of rotatable bonds is 3. The number of hydrogen-bond donors (Lipinski definition) is 1. The summed E-state index contributed by atoms with van der Waals surface area (Å²) in [6.45, 7) is 1.51. The van der Waals surface area contributed by atoms with E-state index in [0.29, 0.717) is 0 Å². The number of carbonyl (C=O) groups is 1. The van der Waals surface area contributed by atoms with Crippen molar-refractivity contribution in [3.8, 4) is 0 Å². The Balaban J connectivity index is 2.86. The van der Waals surface area contributed by atoms with Crippen LogP contribution in [0.25, 0.3) is 0 Å². The van der Waals surface area contributed by atoms with Crippen molar-refractivity contribution in [3.63, 3.8) is 0 Å². The highest BCUT2D eigenvalue weighted by Crippen LogP contribution is 2.10. The monoisotopic (exact) mass is 199 g/mol. The maximum Gasteiger partial charge on any atom is 0.153 e. The molecule has 76 valence electrons. The number of benzene rings is 1. The Morgan fingerprint density at radius 1 is 1.50 bits per heavy atom. The molecule has 0 aliphatic heterocycles. The van der Waals surface area contributed by atoms with Gasteiger partial charge in [0, 0.05) is 6.42 Å². The zero-order valence-electron chi connectivity index (χ0n) is 7.76. The predicted molar refractivity (Wildman–Crippen MR) is 48.7 cm³/mol. The van der Waals surface area contributed by atoms with E-state index in [1.54, 1.807) is 0 Å². The second-order valence-corrected chi connectivity index (χ2v) is 3.17. The lowest BCUT2D eigenvalue weighted by molar-refractivity contribution is -0.119. The minimum Gasteiger partial charge on any atom is -0.322 e. The average Bonchev–Trinajstić information content (AvgIpc) is 2.11. The summed E-state index contributed by atoms with van der Waals surface area (Å²) in [5, 5.41) is 0. The summed E-state index contributed by atoms with van der Waals surface area (Å²) in [6.07, 6.45) is -0.165. The molecule has 0 aliphatic carbocycles. The van der Waals surface area contributed by atoms with Crippen LogP contribution in [0.5, 0.6) is 0 Å². The Labute approximate surface area is 80.7 Å². The normalized spacial score (nSPS) is 12.6. The maximum absolute atomic E-state index is 13.0. The number of hydrogen-bond acceptors (Lipinski definition) is 2. The van der Waals surface area contributed by atoms with Gasteiger partial charge in [-0.25, -0.2) is 8.78 Å². The summed E-state index contributed by atoms with van der Waals surface area (Å²) < 4.78 is 25.7. The van der Waals surface area contributed by atoms with Gasteiger partial charge >= 0.3 is 0 Å². The molecule has 1 aromatic carbocycles. The zero-order valence-corrected chi connectivity index (χ0v) is 7.76. The van der Waals surface area contributed by atoms with E-state index in [-0.39, 0.29) is 17.8 Å². The highest BCUT2D eigenvalue weighted by atomic mass is 19.1. The van der Waals surface area contributed by atoms with E-state index in [0.717, 1.165) is 18.2 Å². The van der Waals surface area contributed by atoms with Crippen LogP contribution in [-0.4, -0.2) is 11.8 Å². The van der Waals surface area contributed by atoms with Gasteiger partial charge in [-0.05, 0) is 30.7 Å². The highest BCUT2D eigenvalue weighted by Gasteiger charge is 2.12. The number of ketones is 1. The molecule has 14 heavy (non-hydrogen) atoms. The third-order valence-electron chi connectivity index (χ3n) is 1.88. The SMILES string of the molecule is CC(N)C(=O)Cc1cc(F)ccc1F. The minimum atomic E-state index is -0.655. The van der Waals surface area contributed by atoms with Gasteiger partial charge in [0.2, 0.25) is 0 Å². The van der Waals surface area contributed by atoms with E-state index >= 15 is 0 Å². The Morgan fingerprint density at radius 3 is 2.71 bits per heavy atom. The van der Waals surface area contributed by atoms with Crippen LogP contribution in [-0.2, 0) is 11.2 Å². The molecule has 1 rings (SSSR count). The van der Waals surface area contributed by atoms with Crippen molar-refractivity contribution in [2.45, 2.75) is 19.4 Å². The fourth-order valence-electron chi connectivity index (χ4n) is 1.03. The summed E-state index contributed by atoms with van der Waals surface area (Å²) in [6, 6.07) is 2.36. The van der Waals surface area contributed by atoms with E-state index in [4.69, 9.17) is 5.73 Å². The summed E-state index contributed by atoms with van der Waals surface area (Å²) in [5.41, 5.74) is 5.35. The van der Waals surface area contributed by atoms with Gasteiger partial charge in [0.1, 0.15) is 11.6 Å². The van der Waals surface area contributed by atoms with Crippen LogP contribution >= 0.6 is 0 Å². The second kappa shape index (κ2) is 4.28. The molecule has 0 aromatic heterocycles. The molecule has 0 spiro atoms. The van der Waals surface area contributed by atoms with Crippen LogP contribution in [0.3, 0.4) is 0 Å². The van der Waals surface area contributed by atoms with Crippen molar-refractivity contribution in [3.05, 3.63) is 35.4 Å². The van der Waals surface area contributed by atoms with Crippen molar-refractivity contribution in [1.29, 1.82) is 0 Å². The van der Waals surface area contributed by atoms with Crippen LogP contribution in [0, 0.1) is 11.6 Å². The van der Waals surface area contributed by atoms with Crippen molar-refractivity contribution in [2.75, 3.05) is 0 Å². The van der Waals surface area contributed by atoms with Crippen molar-refractivity contribution in [1.82, 2.24) is 0 Å². The lowest BCUT2D eigenvalue weighted by atomic mass is 10.0. The molecule has 0 amide bonds. The summed E-state index contributed by atoms with van der Waals surface area (Å²) in [4.78, 5) is 11.2. The molecule has 0 fully saturated rings. The fraction of sp³-hybridized carbons (Fsp3) is 0.300. The predicted octanol–water partition coefficient (Wildman–Crippen LogP) is 1.42. The molecule has 0 saturated heterocycles. The first-order valence-electron chi connectivity index (χ1n) is 4.23. The largest absolute Gasteiger partial charge is 0.322 e. The van der Waals surface area contributed by atoms with E-state index in [1.807, 2.05) is 0 Å². The molecule has 2 N–H and O–H groups in total. The first-order chi connectivity index (χ1) is 6.50. The Hall–Kier alpha value is -1.29. The van der Waals surface area contributed by atoms with Gasteiger partial charge in [0.25, 0.3) is 0 Å². The van der Waals surface area contributed by atoms with Crippen molar-refractivity contribution < 1.29 is 13.6 Å². The maximum atomic E-state index is 13.0. The molecule has 4 heteroatoms. The molecule has 0 heterocycles. The van der Waals surface area contributed by atoms with Gasteiger partial charge in [0.05, 0.1) is 6.04 Å². The number of nitrogens with two attached hydrogens (primary N) is 1. The first-order valence-corrected chi connectivity index (χ1v) is 4.23. The molecule has 1 aromatic rings. The average molecular weight is 199 g/mol. The van der Waals surface area contributed by atoms with Gasteiger partial charge in [-0.1, -0.05) is 0 Å². The molecule has 2 nitrogen and oxygen atoms in total. The number of Topliss-reactive ketones (excluding diaryl/α,β-unsaturated/α-hetero) is 1. The minimum absolute atomic E-state index is 0.0484. The zero-order chi connectivity index (χ0) is 10.7. The molecular formula is C10H11F2NO. The van der Waals surface area contributed by atoms with Gasteiger partial charge in [0.15, 0.2) is 5.78 Å². The van der Waals surface area contributed by atoms with Crippen LogP contribution in [0.1, 0.15) is 12.5 Å². The fourth-order valence-corrected chi connectivity index (χ4v) is 1.03. The Bertz CT molecular complexity index is 350. The van der Waals surface area contributed by atoms with Gasteiger partial charge < -0.3 is 5.73 Å². The molecule has 0 aliphatic rings. The third kappa shape index (κ3) is 2.60. The second-order valence-electron chi connectivity index (χ2n) is 3.17. The van der Waals surface area contributed by atoms with E-state index in [2.05, 4.69) is 0 Å². The Morgan fingerprint density at radius 2 is 2.14 bits per heavy atom. The van der Waals surface area contributed by atoms with Crippen molar-refractivity contribution >= 4 is 5.78 Å². The summed E-state index contributed by atoms with van der Waals surface area (Å²) >= 11 is 0.